The van der Waals surface area contributed by atoms with E-state index in [-0.39, 0.29) is 17.5 Å². The molecule has 0 bridgehead atoms. The van der Waals surface area contributed by atoms with E-state index in [1.165, 1.54) is 18.9 Å². The first kappa shape index (κ1) is 18.6. The number of rotatable bonds is 6. The van der Waals surface area contributed by atoms with Crippen LogP contribution in [0.1, 0.15) is 42.2 Å². The molecule has 0 saturated heterocycles. The fourth-order valence-electron chi connectivity index (χ4n) is 3.47. The van der Waals surface area contributed by atoms with Gasteiger partial charge in [0, 0.05) is 4.88 Å². The molecular formula is C19H22F2N2O2S. The number of aryl methyl sites for hydroxylation is 1. The number of hydrogen-bond donors (Lipinski definition) is 2. The van der Waals surface area contributed by atoms with Gasteiger partial charge in [-0.1, -0.05) is 31.0 Å². The van der Waals surface area contributed by atoms with Gasteiger partial charge >= 0.3 is 12.6 Å². The number of hydrogen-bond acceptors (Lipinski definition) is 3. The molecule has 26 heavy (non-hydrogen) atoms. The maximum absolute atomic E-state index is 12.6. The molecule has 1 heterocycles. The predicted octanol–water partition coefficient (Wildman–Crippen LogP) is 5.71. The van der Waals surface area contributed by atoms with Gasteiger partial charge in [0.15, 0.2) is 0 Å². The lowest BCUT2D eigenvalue weighted by molar-refractivity contribution is -0.0493. The van der Waals surface area contributed by atoms with E-state index < -0.39 is 12.6 Å². The summed E-state index contributed by atoms with van der Waals surface area (Å²) in [6.07, 6.45) is 4.49. The Balaban J connectivity index is 1.75. The smallest absolute Gasteiger partial charge is 0.387 e. The van der Waals surface area contributed by atoms with Crippen LogP contribution in [0.2, 0.25) is 0 Å². The summed E-state index contributed by atoms with van der Waals surface area (Å²) in [4.78, 5) is 13.7. The first-order valence-electron chi connectivity index (χ1n) is 8.70. The summed E-state index contributed by atoms with van der Waals surface area (Å²) in [6.45, 7) is -1.21. The highest BCUT2D eigenvalue weighted by Gasteiger charge is 2.28. The second-order valence-electron chi connectivity index (χ2n) is 6.46. The zero-order valence-corrected chi connectivity index (χ0v) is 15.3. The Morgan fingerprint density at radius 2 is 2.00 bits per heavy atom. The Kier molecular flexibility index (Phi) is 6.08. The molecule has 0 aliphatic heterocycles. The zero-order valence-electron chi connectivity index (χ0n) is 14.5. The summed E-state index contributed by atoms with van der Waals surface area (Å²) in [5.74, 6) is 0.358. The van der Waals surface area contributed by atoms with Gasteiger partial charge < -0.3 is 15.4 Å². The number of nitrogens with one attached hydrogen (secondary N) is 2. The third kappa shape index (κ3) is 4.52. The number of para-hydroxylation sites is 1. The molecule has 2 aromatic rings. The molecule has 2 N–H and O–H groups in total. The number of thiophene rings is 1. The minimum Gasteiger partial charge on any atom is -0.433 e. The molecule has 1 aromatic heterocycles. The van der Waals surface area contributed by atoms with Gasteiger partial charge in [-0.15, -0.1) is 11.3 Å². The molecule has 1 aliphatic carbocycles. The molecule has 0 spiro atoms. The molecule has 7 heteroatoms. The average molecular weight is 380 g/mol. The minimum atomic E-state index is -2.95. The summed E-state index contributed by atoms with van der Waals surface area (Å²) in [5, 5.41) is 7.72. The number of carbonyl (C=O) groups is 1. The standard InChI is InChI=1S/C19H22F2N2O2S/c1-12-6-4-9-14(25-18(20)21)16(12)22-19(24)23-17(13-7-2-3-8-13)15-10-5-11-26-15/h4-6,9-11,13,17-18H,2-3,7-8H2,1H3,(H2,22,23,24). The van der Waals surface area contributed by atoms with E-state index in [0.29, 0.717) is 11.5 Å². The number of urea groups is 1. The topological polar surface area (TPSA) is 50.4 Å². The number of alkyl halides is 2. The van der Waals surface area contributed by atoms with Crippen molar-refractivity contribution in [3.05, 3.63) is 46.2 Å². The van der Waals surface area contributed by atoms with Crippen LogP contribution in [0, 0.1) is 12.8 Å². The second kappa shape index (κ2) is 8.49. The Labute approximate surface area is 155 Å². The maximum Gasteiger partial charge on any atom is 0.387 e. The van der Waals surface area contributed by atoms with Crippen molar-refractivity contribution < 1.29 is 18.3 Å². The molecule has 1 aliphatic rings. The largest absolute Gasteiger partial charge is 0.433 e. The minimum absolute atomic E-state index is 0.0383. The summed E-state index contributed by atoms with van der Waals surface area (Å²) >= 11 is 1.61. The molecular weight excluding hydrogens is 358 g/mol. The van der Waals surface area contributed by atoms with Crippen LogP contribution in [-0.4, -0.2) is 12.6 Å². The van der Waals surface area contributed by atoms with Crippen LogP contribution in [0.25, 0.3) is 0 Å². The van der Waals surface area contributed by atoms with Crippen molar-refractivity contribution in [2.75, 3.05) is 5.32 Å². The van der Waals surface area contributed by atoms with Crippen molar-refractivity contribution >= 4 is 23.1 Å². The van der Waals surface area contributed by atoms with Crippen LogP contribution < -0.4 is 15.4 Å². The highest BCUT2D eigenvalue weighted by Crippen LogP contribution is 2.37. The molecule has 0 radical (unpaired) electrons. The highest BCUT2D eigenvalue weighted by molar-refractivity contribution is 7.10. The van der Waals surface area contributed by atoms with Gasteiger partial charge in [0.1, 0.15) is 5.75 Å². The predicted molar refractivity (Wildman–Crippen MR) is 99.0 cm³/mol. The Morgan fingerprint density at radius 1 is 1.23 bits per heavy atom. The molecule has 1 saturated carbocycles. The normalized spacial score (nSPS) is 15.8. The first-order valence-corrected chi connectivity index (χ1v) is 9.58. The number of anilines is 1. The average Bonchev–Trinajstić information content (AvgIpc) is 3.29. The molecule has 2 amide bonds. The van der Waals surface area contributed by atoms with E-state index in [2.05, 4.69) is 15.4 Å². The lowest BCUT2D eigenvalue weighted by atomic mass is 9.97. The van der Waals surface area contributed by atoms with Crippen LogP contribution in [0.3, 0.4) is 0 Å². The number of amides is 2. The maximum atomic E-state index is 12.6. The third-order valence-electron chi connectivity index (χ3n) is 4.70. The monoisotopic (exact) mass is 380 g/mol. The van der Waals surface area contributed by atoms with Gasteiger partial charge in [0.05, 0.1) is 11.7 Å². The van der Waals surface area contributed by atoms with Crippen LogP contribution in [0.4, 0.5) is 19.3 Å². The second-order valence-corrected chi connectivity index (χ2v) is 7.44. The van der Waals surface area contributed by atoms with E-state index in [4.69, 9.17) is 0 Å². The van der Waals surface area contributed by atoms with E-state index >= 15 is 0 Å². The molecule has 4 nitrogen and oxygen atoms in total. The van der Waals surface area contributed by atoms with Crippen molar-refractivity contribution in [1.29, 1.82) is 0 Å². The number of halogens is 2. The molecule has 1 unspecified atom stereocenters. The van der Waals surface area contributed by atoms with Crippen LogP contribution in [-0.2, 0) is 0 Å². The van der Waals surface area contributed by atoms with Crippen LogP contribution in [0.15, 0.2) is 35.7 Å². The van der Waals surface area contributed by atoms with Crippen LogP contribution >= 0.6 is 11.3 Å². The Bertz CT molecular complexity index is 731. The molecule has 1 atom stereocenters. The summed E-state index contributed by atoms with van der Waals surface area (Å²) in [5.41, 5.74) is 0.925. The highest BCUT2D eigenvalue weighted by atomic mass is 32.1. The molecule has 1 fully saturated rings. The summed E-state index contributed by atoms with van der Waals surface area (Å²) < 4.78 is 29.8. The van der Waals surface area contributed by atoms with Gasteiger partial charge in [0.2, 0.25) is 0 Å². The Morgan fingerprint density at radius 3 is 2.65 bits per heavy atom. The summed E-state index contributed by atoms with van der Waals surface area (Å²) in [7, 11) is 0. The van der Waals surface area contributed by atoms with E-state index in [1.54, 1.807) is 30.4 Å². The number of ether oxygens (including phenoxy) is 1. The van der Waals surface area contributed by atoms with Crippen LogP contribution in [0.5, 0.6) is 5.75 Å². The van der Waals surface area contributed by atoms with E-state index in [0.717, 1.165) is 17.7 Å². The van der Waals surface area contributed by atoms with E-state index in [9.17, 15) is 13.6 Å². The fourth-order valence-corrected chi connectivity index (χ4v) is 4.34. The SMILES string of the molecule is Cc1cccc(OC(F)F)c1NC(=O)NC(c1cccs1)C1CCCC1. The van der Waals surface area contributed by atoms with Crippen molar-refractivity contribution in [2.45, 2.75) is 45.3 Å². The lowest BCUT2D eigenvalue weighted by Crippen LogP contribution is -2.35. The van der Waals surface area contributed by atoms with Gasteiger partial charge in [0.25, 0.3) is 0 Å². The van der Waals surface area contributed by atoms with Crippen molar-refractivity contribution in [2.24, 2.45) is 5.92 Å². The van der Waals surface area contributed by atoms with Crippen molar-refractivity contribution in [1.82, 2.24) is 5.32 Å². The van der Waals surface area contributed by atoms with Gasteiger partial charge in [-0.05, 0) is 48.8 Å². The molecule has 140 valence electrons. The van der Waals surface area contributed by atoms with E-state index in [1.807, 2.05) is 17.5 Å². The summed E-state index contributed by atoms with van der Waals surface area (Å²) in [6, 6.07) is 8.28. The quantitative estimate of drug-likeness (QED) is 0.674. The first-order chi connectivity index (χ1) is 12.5. The van der Waals surface area contributed by atoms with Crippen molar-refractivity contribution in [3.63, 3.8) is 0 Å². The number of benzene rings is 1. The zero-order chi connectivity index (χ0) is 18.5. The number of carbonyl (C=O) groups excluding carboxylic acids is 1. The fraction of sp³-hybridized carbons (Fsp3) is 0.421. The third-order valence-corrected chi connectivity index (χ3v) is 5.65. The molecule has 1 aromatic carbocycles. The molecule has 3 rings (SSSR count). The van der Waals surface area contributed by atoms with Crippen molar-refractivity contribution in [3.8, 4) is 5.75 Å². The van der Waals surface area contributed by atoms with Gasteiger partial charge in [-0.25, -0.2) is 4.79 Å². The lowest BCUT2D eigenvalue weighted by Gasteiger charge is -2.24. The Hall–Kier alpha value is -2.15. The van der Waals surface area contributed by atoms with Gasteiger partial charge in [-0.2, -0.15) is 8.78 Å². The van der Waals surface area contributed by atoms with Gasteiger partial charge in [-0.3, -0.25) is 0 Å².